The molecule has 3 rings (SSSR count). The zero-order valence-electron chi connectivity index (χ0n) is 18.2. The summed E-state index contributed by atoms with van der Waals surface area (Å²) in [6.45, 7) is 9.02. The van der Waals surface area contributed by atoms with Crippen LogP contribution in [0.2, 0.25) is 0 Å². The van der Waals surface area contributed by atoms with E-state index in [2.05, 4.69) is 36.1 Å². The predicted molar refractivity (Wildman–Crippen MR) is 119 cm³/mol. The number of anilines is 1. The summed E-state index contributed by atoms with van der Waals surface area (Å²) >= 11 is 0. The van der Waals surface area contributed by atoms with E-state index in [0.29, 0.717) is 36.8 Å². The smallest absolute Gasteiger partial charge is 0.254 e. The molecule has 30 heavy (non-hydrogen) atoms. The van der Waals surface area contributed by atoms with Gasteiger partial charge >= 0.3 is 0 Å². The second kappa shape index (κ2) is 10.9. The molecule has 6 nitrogen and oxygen atoms in total. The second-order valence-electron chi connectivity index (χ2n) is 7.37. The van der Waals surface area contributed by atoms with Gasteiger partial charge in [-0.3, -0.25) is 4.79 Å². The highest BCUT2D eigenvalue weighted by Crippen LogP contribution is 2.29. The first-order valence-corrected chi connectivity index (χ1v) is 10.7. The molecule has 0 aliphatic carbocycles. The van der Waals surface area contributed by atoms with E-state index in [-0.39, 0.29) is 5.91 Å². The number of nitrogens with zero attached hydrogens (tertiary/aromatic N) is 2. The lowest BCUT2D eigenvalue weighted by molar-refractivity contribution is 0.0784. The fourth-order valence-electron chi connectivity index (χ4n) is 3.44. The molecule has 0 spiro atoms. The lowest BCUT2D eigenvalue weighted by Gasteiger charge is -2.29. The van der Waals surface area contributed by atoms with Crippen molar-refractivity contribution in [3.63, 3.8) is 0 Å². The quantitative estimate of drug-likeness (QED) is 0.624. The number of amides is 1. The van der Waals surface area contributed by atoms with Crippen LogP contribution in [0.5, 0.6) is 11.5 Å². The molecule has 1 fully saturated rings. The topological polar surface area (TPSA) is 51.2 Å². The van der Waals surface area contributed by atoms with Crippen LogP contribution in [-0.4, -0.2) is 57.4 Å². The Morgan fingerprint density at radius 1 is 1.03 bits per heavy atom. The summed E-state index contributed by atoms with van der Waals surface area (Å²) in [4.78, 5) is 17.0. The second-order valence-corrected chi connectivity index (χ2v) is 7.37. The summed E-state index contributed by atoms with van der Waals surface area (Å²) in [6, 6.07) is 13.8. The van der Waals surface area contributed by atoms with Crippen LogP contribution in [0.3, 0.4) is 0 Å². The fourth-order valence-corrected chi connectivity index (χ4v) is 3.44. The lowest BCUT2D eigenvalue weighted by Crippen LogP contribution is -2.36. The number of ether oxygens (including phenoxy) is 3. The van der Waals surface area contributed by atoms with Crippen LogP contribution in [0, 0.1) is 0 Å². The van der Waals surface area contributed by atoms with Crippen molar-refractivity contribution in [1.29, 1.82) is 0 Å². The van der Waals surface area contributed by atoms with Gasteiger partial charge in [-0.15, -0.1) is 0 Å². The predicted octanol–water partition coefficient (Wildman–Crippen LogP) is 3.98. The Kier molecular flexibility index (Phi) is 7.97. The molecular weight excluding hydrogens is 380 g/mol. The Balaban J connectivity index is 1.65. The zero-order chi connectivity index (χ0) is 21.3. The fraction of sp³-hybridized carbons (Fsp3) is 0.458. The van der Waals surface area contributed by atoms with Crippen LogP contribution in [0.25, 0.3) is 0 Å². The summed E-state index contributed by atoms with van der Waals surface area (Å²) in [7, 11) is 1.82. The van der Waals surface area contributed by atoms with Crippen LogP contribution in [0.4, 0.5) is 5.69 Å². The number of benzene rings is 2. The van der Waals surface area contributed by atoms with E-state index >= 15 is 0 Å². The third-order valence-corrected chi connectivity index (χ3v) is 5.03. The van der Waals surface area contributed by atoms with Crippen LogP contribution in [-0.2, 0) is 11.3 Å². The van der Waals surface area contributed by atoms with E-state index in [9.17, 15) is 4.79 Å². The van der Waals surface area contributed by atoms with Crippen molar-refractivity contribution >= 4 is 11.6 Å². The standard InChI is InChI=1S/C24H32N2O4/c1-4-14-30-22-11-8-20(17-23(22)29-5-2)24(27)25(3)18-19-6-9-21(10-7-19)26-12-15-28-16-13-26/h6-11,17H,4-5,12-16,18H2,1-3H3. The summed E-state index contributed by atoms with van der Waals surface area (Å²) in [5, 5.41) is 0. The van der Waals surface area contributed by atoms with Crippen molar-refractivity contribution in [3.05, 3.63) is 53.6 Å². The van der Waals surface area contributed by atoms with Gasteiger partial charge in [-0.05, 0) is 49.2 Å². The Labute approximate surface area is 179 Å². The van der Waals surface area contributed by atoms with E-state index in [1.807, 2.05) is 20.0 Å². The maximum absolute atomic E-state index is 13.0. The largest absolute Gasteiger partial charge is 0.490 e. The van der Waals surface area contributed by atoms with Gasteiger partial charge in [0.1, 0.15) is 0 Å². The first-order chi connectivity index (χ1) is 14.6. The summed E-state index contributed by atoms with van der Waals surface area (Å²) in [5.74, 6) is 1.24. The molecule has 162 valence electrons. The number of morpholine rings is 1. The average Bonchev–Trinajstić information content (AvgIpc) is 2.79. The van der Waals surface area contributed by atoms with Crippen molar-refractivity contribution in [3.8, 4) is 11.5 Å². The van der Waals surface area contributed by atoms with E-state index in [0.717, 1.165) is 38.3 Å². The normalized spacial score (nSPS) is 13.8. The minimum atomic E-state index is -0.0461. The number of hydrogen-bond donors (Lipinski definition) is 0. The van der Waals surface area contributed by atoms with E-state index < -0.39 is 0 Å². The molecule has 0 unspecified atom stereocenters. The molecular formula is C24H32N2O4. The van der Waals surface area contributed by atoms with Crippen molar-refractivity contribution in [2.45, 2.75) is 26.8 Å². The van der Waals surface area contributed by atoms with Crippen LogP contribution in [0.15, 0.2) is 42.5 Å². The Morgan fingerprint density at radius 3 is 2.43 bits per heavy atom. The third kappa shape index (κ3) is 5.66. The number of hydrogen-bond acceptors (Lipinski definition) is 5. The molecule has 0 bridgehead atoms. The van der Waals surface area contributed by atoms with Crippen molar-refractivity contribution in [2.24, 2.45) is 0 Å². The minimum Gasteiger partial charge on any atom is -0.490 e. The molecule has 0 radical (unpaired) electrons. The summed E-state index contributed by atoms with van der Waals surface area (Å²) in [5.41, 5.74) is 2.88. The molecule has 1 aliphatic heterocycles. The van der Waals surface area contributed by atoms with Crippen LogP contribution in [0.1, 0.15) is 36.2 Å². The molecule has 1 saturated heterocycles. The van der Waals surface area contributed by atoms with Gasteiger partial charge in [-0.1, -0.05) is 19.1 Å². The van der Waals surface area contributed by atoms with Crippen molar-refractivity contribution in [2.75, 3.05) is 51.5 Å². The van der Waals surface area contributed by atoms with Gasteiger partial charge in [0.25, 0.3) is 5.91 Å². The third-order valence-electron chi connectivity index (χ3n) is 5.03. The number of carbonyl (C=O) groups is 1. The van der Waals surface area contributed by atoms with E-state index in [4.69, 9.17) is 14.2 Å². The summed E-state index contributed by atoms with van der Waals surface area (Å²) in [6.07, 6.45) is 0.916. The maximum atomic E-state index is 13.0. The number of rotatable bonds is 9. The van der Waals surface area contributed by atoms with Gasteiger partial charge in [0, 0.05) is 37.9 Å². The molecule has 0 aromatic heterocycles. The van der Waals surface area contributed by atoms with Gasteiger partial charge in [0.15, 0.2) is 11.5 Å². The van der Waals surface area contributed by atoms with Crippen molar-refractivity contribution < 1.29 is 19.0 Å². The average molecular weight is 413 g/mol. The Bertz CT molecular complexity index is 816. The molecule has 1 aliphatic rings. The molecule has 2 aromatic rings. The van der Waals surface area contributed by atoms with E-state index in [1.165, 1.54) is 5.69 Å². The Hall–Kier alpha value is -2.73. The SMILES string of the molecule is CCCOc1ccc(C(=O)N(C)Cc2ccc(N3CCOCC3)cc2)cc1OCC. The monoisotopic (exact) mass is 412 g/mol. The first kappa shape index (κ1) is 22.0. The molecule has 6 heteroatoms. The molecule has 1 heterocycles. The minimum absolute atomic E-state index is 0.0461. The lowest BCUT2D eigenvalue weighted by atomic mass is 10.1. The molecule has 1 amide bonds. The molecule has 0 saturated carbocycles. The summed E-state index contributed by atoms with van der Waals surface area (Å²) < 4.78 is 16.8. The van der Waals surface area contributed by atoms with Gasteiger partial charge < -0.3 is 24.0 Å². The van der Waals surface area contributed by atoms with Gasteiger partial charge in [0.05, 0.1) is 26.4 Å². The highest BCUT2D eigenvalue weighted by molar-refractivity contribution is 5.94. The van der Waals surface area contributed by atoms with Crippen LogP contribution >= 0.6 is 0 Å². The van der Waals surface area contributed by atoms with Gasteiger partial charge in [-0.2, -0.15) is 0 Å². The van der Waals surface area contributed by atoms with Gasteiger partial charge in [-0.25, -0.2) is 0 Å². The molecule has 2 aromatic carbocycles. The Morgan fingerprint density at radius 2 is 1.77 bits per heavy atom. The van der Waals surface area contributed by atoms with E-state index in [1.54, 1.807) is 17.0 Å². The molecule has 0 N–H and O–H groups in total. The van der Waals surface area contributed by atoms with Crippen LogP contribution < -0.4 is 14.4 Å². The highest BCUT2D eigenvalue weighted by Gasteiger charge is 2.16. The zero-order valence-corrected chi connectivity index (χ0v) is 18.2. The van der Waals surface area contributed by atoms with Gasteiger partial charge in [0.2, 0.25) is 0 Å². The number of carbonyl (C=O) groups excluding carboxylic acids is 1. The highest BCUT2D eigenvalue weighted by atomic mass is 16.5. The molecule has 0 atom stereocenters. The van der Waals surface area contributed by atoms with Crippen molar-refractivity contribution in [1.82, 2.24) is 4.90 Å². The first-order valence-electron chi connectivity index (χ1n) is 10.7. The maximum Gasteiger partial charge on any atom is 0.254 e.